The molecule has 6 nitrogen and oxygen atoms in total. The Morgan fingerprint density at radius 3 is 1.07 bits per heavy atom. The smallest absolute Gasteiger partial charge is 0.305 e. The van der Waals surface area contributed by atoms with Gasteiger partial charge in [0, 0.05) is 12.8 Å². The summed E-state index contributed by atoms with van der Waals surface area (Å²) < 4.78 is 5.47. The molecule has 0 aromatic carbocycles. The summed E-state index contributed by atoms with van der Waals surface area (Å²) in [4.78, 5) is 24.4. The molecule has 0 bridgehead atoms. The summed E-state index contributed by atoms with van der Waals surface area (Å²) in [6.45, 7) is 4.89. The standard InChI is InChI=1S/C65H123NO5/c1-3-5-7-9-11-13-38-43-47-51-55-59-65(70)71-60-56-52-48-44-40-37-35-33-31-29-27-25-23-21-19-17-15-16-18-20-22-24-26-28-30-32-34-36-39-42-46-50-54-58-64(69)66-62(61-67)63(68)57-53-49-45-41-14-12-10-8-6-4-2/h19,21,25,27,53,57,62-63,67-68H,3-18,20,22-24,26,28-52,54-56,58-61H2,1-2H3,(H,66,69)/b21-19-,27-25-,57-53+. The van der Waals surface area contributed by atoms with Gasteiger partial charge in [-0.3, -0.25) is 9.59 Å². The molecule has 0 aromatic heterocycles. The molecule has 3 N–H and O–H groups in total. The quantitative estimate of drug-likeness (QED) is 0.0321. The van der Waals surface area contributed by atoms with Crippen LogP contribution < -0.4 is 5.32 Å². The minimum Gasteiger partial charge on any atom is -0.466 e. The van der Waals surface area contributed by atoms with Crippen molar-refractivity contribution < 1.29 is 24.5 Å². The van der Waals surface area contributed by atoms with Crippen LogP contribution in [0.25, 0.3) is 0 Å². The highest BCUT2D eigenvalue weighted by Crippen LogP contribution is 2.17. The zero-order valence-electron chi connectivity index (χ0n) is 47.7. The molecule has 418 valence electrons. The topological polar surface area (TPSA) is 95.9 Å². The highest BCUT2D eigenvalue weighted by molar-refractivity contribution is 5.76. The van der Waals surface area contributed by atoms with Gasteiger partial charge in [0.25, 0.3) is 0 Å². The number of unbranched alkanes of at least 4 members (excludes halogenated alkanes) is 44. The Morgan fingerprint density at radius 2 is 0.704 bits per heavy atom. The number of rotatable bonds is 59. The molecule has 0 fully saturated rings. The normalized spacial score (nSPS) is 12.8. The predicted molar refractivity (Wildman–Crippen MR) is 310 cm³/mol. The van der Waals surface area contributed by atoms with E-state index in [2.05, 4.69) is 43.5 Å². The van der Waals surface area contributed by atoms with E-state index in [4.69, 9.17) is 4.74 Å². The van der Waals surface area contributed by atoms with Crippen molar-refractivity contribution in [1.29, 1.82) is 0 Å². The second kappa shape index (κ2) is 60.6. The molecular formula is C65H123NO5. The van der Waals surface area contributed by atoms with Crippen LogP contribution in [-0.4, -0.2) is 47.4 Å². The molecule has 0 aromatic rings. The van der Waals surface area contributed by atoms with Crippen molar-refractivity contribution in [2.75, 3.05) is 13.2 Å². The third-order valence-electron chi connectivity index (χ3n) is 14.7. The van der Waals surface area contributed by atoms with Crippen molar-refractivity contribution in [2.24, 2.45) is 0 Å². The van der Waals surface area contributed by atoms with Crippen LogP contribution >= 0.6 is 0 Å². The zero-order chi connectivity index (χ0) is 51.4. The van der Waals surface area contributed by atoms with Gasteiger partial charge in [-0.2, -0.15) is 0 Å². The third-order valence-corrected chi connectivity index (χ3v) is 14.7. The van der Waals surface area contributed by atoms with Crippen molar-refractivity contribution in [3.8, 4) is 0 Å². The minimum atomic E-state index is -0.841. The molecule has 0 aliphatic heterocycles. The SMILES string of the molecule is CCCCCCCCCC/C=C/C(O)C(CO)NC(=O)CCCCCCCCCCCCCCCCCCC/C=C\C/C=C\CCCCCCCCCCCOC(=O)CCCCCCCCCCCCC. The van der Waals surface area contributed by atoms with Gasteiger partial charge in [0.15, 0.2) is 0 Å². The number of aliphatic hydroxyl groups is 2. The van der Waals surface area contributed by atoms with Crippen molar-refractivity contribution in [3.05, 3.63) is 36.5 Å². The second-order valence-corrected chi connectivity index (χ2v) is 21.7. The molecule has 71 heavy (non-hydrogen) atoms. The fraction of sp³-hybridized carbons (Fsp3) is 0.877. The van der Waals surface area contributed by atoms with Crippen LogP contribution in [0, 0.1) is 0 Å². The van der Waals surface area contributed by atoms with Crippen LogP contribution in [0.5, 0.6) is 0 Å². The first-order valence-electron chi connectivity index (χ1n) is 31.8. The number of carbonyl (C=O) groups is 2. The van der Waals surface area contributed by atoms with Crippen molar-refractivity contribution in [1.82, 2.24) is 5.32 Å². The monoisotopic (exact) mass is 998 g/mol. The largest absolute Gasteiger partial charge is 0.466 e. The lowest BCUT2D eigenvalue weighted by atomic mass is 10.0. The molecule has 0 saturated heterocycles. The Balaban J connectivity index is 3.37. The second-order valence-electron chi connectivity index (χ2n) is 21.7. The average Bonchev–Trinajstić information content (AvgIpc) is 3.37. The molecule has 6 heteroatoms. The van der Waals surface area contributed by atoms with Gasteiger partial charge in [0.1, 0.15) is 0 Å². The van der Waals surface area contributed by atoms with E-state index in [0.29, 0.717) is 19.4 Å². The summed E-state index contributed by atoms with van der Waals surface area (Å²) in [6, 6.07) is -0.624. The van der Waals surface area contributed by atoms with E-state index in [1.807, 2.05) is 6.08 Å². The molecule has 0 aliphatic carbocycles. The van der Waals surface area contributed by atoms with Crippen molar-refractivity contribution in [3.63, 3.8) is 0 Å². The van der Waals surface area contributed by atoms with E-state index < -0.39 is 12.1 Å². The molecule has 2 atom stereocenters. The van der Waals surface area contributed by atoms with Gasteiger partial charge >= 0.3 is 5.97 Å². The van der Waals surface area contributed by atoms with Crippen LogP contribution in [0.2, 0.25) is 0 Å². The Hall–Kier alpha value is -1.92. The summed E-state index contributed by atoms with van der Waals surface area (Å²) in [5, 5.41) is 23.0. The van der Waals surface area contributed by atoms with Gasteiger partial charge in [-0.25, -0.2) is 0 Å². The minimum absolute atomic E-state index is 0.0135. The van der Waals surface area contributed by atoms with Crippen molar-refractivity contribution in [2.45, 2.75) is 353 Å². The first-order chi connectivity index (χ1) is 35.0. The van der Waals surface area contributed by atoms with E-state index in [-0.39, 0.29) is 18.5 Å². The van der Waals surface area contributed by atoms with Crippen LogP contribution in [0.4, 0.5) is 0 Å². The summed E-state index contributed by atoms with van der Waals surface area (Å²) >= 11 is 0. The summed E-state index contributed by atoms with van der Waals surface area (Å²) in [7, 11) is 0. The summed E-state index contributed by atoms with van der Waals surface area (Å²) in [5.74, 6) is -0.0538. The van der Waals surface area contributed by atoms with Gasteiger partial charge in [0.2, 0.25) is 5.91 Å². The van der Waals surface area contributed by atoms with E-state index in [0.717, 1.165) is 44.9 Å². The Morgan fingerprint density at radius 1 is 0.394 bits per heavy atom. The van der Waals surface area contributed by atoms with Gasteiger partial charge in [0.05, 0.1) is 25.4 Å². The van der Waals surface area contributed by atoms with E-state index >= 15 is 0 Å². The maximum Gasteiger partial charge on any atom is 0.305 e. The molecule has 0 heterocycles. The van der Waals surface area contributed by atoms with Crippen molar-refractivity contribution >= 4 is 11.9 Å². The Labute approximate surface area is 443 Å². The van der Waals surface area contributed by atoms with Gasteiger partial charge in [-0.15, -0.1) is 0 Å². The maximum atomic E-state index is 12.4. The summed E-state index contributed by atoms with van der Waals surface area (Å²) in [6.07, 6.45) is 76.4. The number of carbonyl (C=O) groups excluding carboxylic acids is 2. The number of allylic oxidation sites excluding steroid dienone is 5. The lowest BCUT2D eigenvalue weighted by molar-refractivity contribution is -0.143. The number of hydrogen-bond donors (Lipinski definition) is 3. The molecule has 0 rings (SSSR count). The number of nitrogens with one attached hydrogen (secondary N) is 1. The van der Waals surface area contributed by atoms with Crippen LogP contribution in [0.3, 0.4) is 0 Å². The molecule has 0 radical (unpaired) electrons. The van der Waals surface area contributed by atoms with E-state index in [9.17, 15) is 19.8 Å². The van der Waals surface area contributed by atoms with Gasteiger partial charge in [-0.1, -0.05) is 301 Å². The Kier molecular flexibility index (Phi) is 59.0. The van der Waals surface area contributed by atoms with E-state index in [1.54, 1.807) is 6.08 Å². The number of aliphatic hydroxyl groups excluding tert-OH is 2. The lowest BCUT2D eigenvalue weighted by Gasteiger charge is -2.20. The van der Waals surface area contributed by atoms with Crippen LogP contribution in [0.1, 0.15) is 341 Å². The van der Waals surface area contributed by atoms with Crippen LogP contribution in [0.15, 0.2) is 36.5 Å². The highest BCUT2D eigenvalue weighted by atomic mass is 16.5. The first-order valence-corrected chi connectivity index (χ1v) is 31.8. The fourth-order valence-corrected chi connectivity index (χ4v) is 9.78. The third kappa shape index (κ3) is 57.2. The number of amides is 1. The van der Waals surface area contributed by atoms with Gasteiger partial charge < -0.3 is 20.3 Å². The molecular weight excluding hydrogens is 875 g/mol. The molecule has 0 aliphatic rings. The number of ether oxygens (including phenoxy) is 1. The lowest BCUT2D eigenvalue weighted by Crippen LogP contribution is -2.45. The first kappa shape index (κ1) is 69.1. The van der Waals surface area contributed by atoms with Gasteiger partial charge in [-0.05, 0) is 64.2 Å². The average molecular weight is 999 g/mol. The van der Waals surface area contributed by atoms with Crippen LogP contribution in [-0.2, 0) is 14.3 Å². The molecule has 0 saturated carbocycles. The molecule has 1 amide bonds. The molecule has 2 unspecified atom stereocenters. The number of esters is 1. The Bertz CT molecular complexity index is 1150. The highest BCUT2D eigenvalue weighted by Gasteiger charge is 2.18. The molecule has 0 spiro atoms. The maximum absolute atomic E-state index is 12.4. The fourth-order valence-electron chi connectivity index (χ4n) is 9.78. The van der Waals surface area contributed by atoms with E-state index in [1.165, 1.54) is 270 Å². The predicted octanol–water partition coefficient (Wildman–Crippen LogP) is 20.0. The number of hydrogen-bond acceptors (Lipinski definition) is 5. The summed E-state index contributed by atoms with van der Waals surface area (Å²) in [5.41, 5.74) is 0. The zero-order valence-corrected chi connectivity index (χ0v) is 47.7.